The van der Waals surface area contributed by atoms with E-state index in [2.05, 4.69) is 10.3 Å². The Labute approximate surface area is 179 Å². The van der Waals surface area contributed by atoms with Crippen molar-refractivity contribution in [3.8, 4) is 0 Å². The molecule has 0 fully saturated rings. The number of benzene rings is 2. The lowest BCUT2D eigenvalue weighted by Gasteiger charge is -2.08. The number of thioether (sulfide) groups is 1. The van der Waals surface area contributed by atoms with Crippen LogP contribution in [-0.2, 0) is 20.4 Å². The summed E-state index contributed by atoms with van der Waals surface area (Å²) < 4.78 is 24.7. The summed E-state index contributed by atoms with van der Waals surface area (Å²) in [7, 11) is -3.54. The minimum absolute atomic E-state index is 0.127. The molecule has 0 atom stereocenters. The quantitative estimate of drug-likeness (QED) is 0.501. The van der Waals surface area contributed by atoms with Crippen LogP contribution in [0.4, 0.5) is 5.69 Å². The molecule has 0 aliphatic rings. The van der Waals surface area contributed by atoms with Crippen LogP contribution in [0.15, 0.2) is 82.8 Å². The van der Waals surface area contributed by atoms with Crippen LogP contribution in [0.1, 0.15) is 12.0 Å². The number of hydrogen-bond acceptors (Lipinski definition) is 5. The molecule has 0 saturated heterocycles. The summed E-state index contributed by atoms with van der Waals surface area (Å²) >= 11 is 7.39. The van der Waals surface area contributed by atoms with E-state index in [9.17, 15) is 13.2 Å². The van der Waals surface area contributed by atoms with Gasteiger partial charge in [-0.3, -0.25) is 4.79 Å². The number of nitrogens with zero attached hydrogens (tertiary/aromatic N) is 1. The lowest BCUT2D eigenvalue weighted by molar-refractivity contribution is -0.115. The highest BCUT2D eigenvalue weighted by Gasteiger charge is 2.16. The molecule has 3 aromatic rings. The van der Waals surface area contributed by atoms with Crippen LogP contribution in [0.3, 0.4) is 0 Å². The Morgan fingerprint density at radius 2 is 1.83 bits per heavy atom. The van der Waals surface area contributed by atoms with Gasteiger partial charge in [0, 0.05) is 29.1 Å². The molecule has 29 heavy (non-hydrogen) atoms. The third-order valence-corrected chi connectivity index (χ3v) is 7.00. The molecule has 3 rings (SSSR count). The fraction of sp³-hybridized carbons (Fsp3) is 0.143. The largest absolute Gasteiger partial charge is 0.326 e. The van der Waals surface area contributed by atoms with Gasteiger partial charge < -0.3 is 5.32 Å². The van der Waals surface area contributed by atoms with Gasteiger partial charge in [0.1, 0.15) is 0 Å². The summed E-state index contributed by atoms with van der Waals surface area (Å²) in [5.41, 5.74) is 1.67. The van der Waals surface area contributed by atoms with Crippen molar-refractivity contribution in [2.75, 3.05) is 11.1 Å². The number of carbonyl (C=O) groups is 1. The SMILES string of the molecule is O=C(CCS(=O)(=O)c1ccc(Cl)cc1)Nc1cccc(CSc2ccccn2)c1. The maximum absolute atomic E-state index is 12.3. The zero-order valence-electron chi connectivity index (χ0n) is 15.4. The average molecular weight is 447 g/mol. The molecule has 0 unspecified atom stereocenters. The fourth-order valence-electron chi connectivity index (χ4n) is 2.54. The highest BCUT2D eigenvalue weighted by molar-refractivity contribution is 7.98. The molecule has 1 heterocycles. The highest BCUT2D eigenvalue weighted by atomic mass is 35.5. The lowest BCUT2D eigenvalue weighted by atomic mass is 10.2. The Kier molecular flexibility index (Phi) is 7.30. The van der Waals surface area contributed by atoms with E-state index in [4.69, 9.17) is 11.6 Å². The van der Waals surface area contributed by atoms with E-state index in [0.717, 1.165) is 10.6 Å². The van der Waals surface area contributed by atoms with E-state index in [1.165, 1.54) is 24.3 Å². The summed E-state index contributed by atoms with van der Waals surface area (Å²) in [5, 5.41) is 4.15. The predicted molar refractivity (Wildman–Crippen MR) is 117 cm³/mol. The number of aromatic nitrogens is 1. The first-order valence-corrected chi connectivity index (χ1v) is 11.8. The molecule has 0 aliphatic heterocycles. The molecule has 0 radical (unpaired) electrons. The van der Waals surface area contributed by atoms with E-state index in [-0.39, 0.29) is 23.0 Å². The molecule has 5 nitrogen and oxygen atoms in total. The van der Waals surface area contributed by atoms with Crippen LogP contribution in [0.25, 0.3) is 0 Å². The zero-order chi connectivity index (χ0) is 20.7. The van der Waals surface area contributed by atoms with Gasteiger partial charge in [0.2, 0.25) is 5.91 Å². The molecular formula is C21H19ClN2O3S2. The van der Waals surface area contributed by atoms with Crippen LogP contribution in [-0.4, -0.2) is 25.1 Å². The van der Waals surface area contributed by atoms with Gasteiger partial charge in [-0.15, -0.1) is 11.8 Å². The molecule has 8 heteroatoms. The van der Waals surface area contributed by atoms with Crippen LogP contribution in [0.2, 0.25) is 5.02 Å². The highest BCUT2D eigenvalue weighted by Crippen LogP contribution is 2.22. The van der Waals surface area contributed by atoms with Crippen molar-refractivity contribution in [3.63, 3.8) is 0 Å². The first-order valence-electron chi connectivity index (χ1n) is 8.83. The first kappa shape index (κ1) is 21.4. The van der Waals surface area contributed by atoms with Crippen molar-refractivity contribution in [2.24, 2.45) is 0 Å². The molecule has 0 saturated carbocycles. The number of rotatable bonds is 8. The second kappa shape index (κ2) is 9.91. The minimum Gasteiger partial charge on any atom is -0.326 e. The van der Waals surface area contributed by atoms with Crippen molar-refractivity contribution in [3.05, 3.63) is 83.5 Å². The summed E-state index contributed by atoms with van der Waals surface area (Å²) in [4.78, 5) is 16.6. The smallest absolute Gasteiger partial charge is 0.225 e. The summed E-state index contributed by atoms with van der Waals surface area (Å²) in [6.45, 7) is 0. The van der Waals surface area contributed by atoms with Gasteiger partial charge in [-0.2, -0.15) is 0 Å². The number of amides is 1. The van der Waals surface area contributed by atoms with Crippen LogP contribution >= 0.6 is 23.4 Å². The summed E-state index contributed by atoms with van der Waals surface area (Å²) in [5.74, 6) is 0.0959. The van der Waals surface area contributed by atoms with Crippen LogP contribution < -0.4 is 5.32 Å². The first-order chi connectivity index (χ1) is 13.9. The second-order valence-corrected chi connectivity index (χ2v) is 9.77. The van der Waals surface area contributed by atoms with Crippen molar-refractivity contribution in [1.29, 1.82) is 0 Å². The normalized spacial score (nSPS) is 11.2. The van der Waals surface area contributed by atoms with Gasteiger partial charge in [-0.25, -0.2) is 13.4 Å². The average Bonchev–Trinajstić information content (AvgIpc) is 2.72. The number of hydrogen-bond donors (Lipinski definition) is 1. The minimum atomic E-state index is -3.54. The maximum Gasteiger partial charge on any atom is 0.225 e. The van der Waals surface area contributed by atoms with Gasteiger partial charge >= 0.3 is 0 Å². The second-order valence-electron chi connectivity index (χ2n) is 6.23. The lowest BCUT2D eigenvalue weighted by Crippen LogP contribution is -2.17. The van der Waals surface area contributed by atoms with Gasteiger partial charge in [0.05, 0.1) is 15.7 Å². The van der Waals surface area contributed by atoms with Gasteiger partial charge in [0.15, 0.2) is 9.84 Å². The predicted octanol–water partition coefficient (Wildman–Crippen LogP) is 4.83. The molecule has 1 N–H and O–H groups in total. The Hall–Kier alpha value is -2.35. The number of nitrogens with one attached hydrogen (secondary N) is 1. The molecule has 0 spiro atoms. The molecule has 150 valence electrons. The molecule has 2 aromatic carbocycles. The Morgan fingerprint density at radius 1 is 1.03 bits per heavy atom. The molecule has 1 aromatic heterocycles. The topological polar surface area (TPSA) is 76.1 Å². The summed E-state index contributed by atoms with van der Waals surface area (Å²) in [6.07, 6.45) is 1.62. The number of anilines is 1. The zero-order valence-corrected chi connectivity index (χ0v) is 17.8. The van der Waals surface area contributed by atoms with E-state index in [1.807, 2.05) is 36.4 Å². The Morgan fingerprint density at radius 3 is 2.55 bits per heavy atom. The standard InChI is InChI=1S/C21H19ClN2O3S2/c22-17-7-9-19(10-8-17)29(26,27)13-11-20(25)24-18-5-3-4-16(14-18)15-28-21-6-1-2-12-23-21/h1-10,12,14H,11,13,15H2,(H,24,25). The Bertz CT molecular complexity index is 1070. The molecular weight excluding hydrogens is 428 g/mol. The van der Waals surface area contributed by atoms with Crippen molar-refractivity contribution >= 4 is 44.8 Å². The van der Waals surface area contributed by atoms with Crippen molar-refractivity contribution in [1.82, 2.24) is 4.98 Å². The number of pyridine rings is 1. The molecule has 0 bridgehead atoms. The number of halogens is 1. The van der Waals surface area contributed by atoms with Crippen molar-refractivity contribution < 1.29 is 13.2 Å². The maximum atomic E-state index is 12.3. The third kappa shape index (κ3) is 6.59. The number of sulfone groups is 1. The molecule has 1 amide bonds. The van der Waals surface area contributed by atoms with Gasteiger partial charge in [0.25, 0.3) is 0 Å². The molecule has 0 aliphatic carbocycles. The van der Waals surface area contributed by atoms with E-state index >= 15 is 0 Å². The van der Waals surface area contributed by atoms with E-state index < -0.39 is 9.84 Å². The monoisotopic (exact) mass is 446 g/mol. The van der Waals surface area contributed by atoms with E-state index in [1.54, 1.807) is 24.0 Å². The van der Waals surface area contributed by atoms with Crippen molar-refractivity contribution in [2.45, 2.75) is 22.1 Å². The van der Waals surface area contributed by atoms with E-state index in [0.29, 0.717) is 16.5 Å². The summed E-state index contributed by atoms with van der Waals surface area (Å²) in [6, 6.07) is 19.1. The Balaban J connectivity index is 1.54. The van der Waals surface area contributed by atoms with Gasteiger partial charge in [-0.05, 0) is 54.1 Å². The van der Waals surface area contributed by atoms with Crippen LogP contribution in [0, 0.1) is 0 Å². The third-order valence-electron chi connectivity index (χ3n) is 4.01. The number of carbonyl (C=O) groups excluding carboxylic acids is 1. The van der Waals surface area contributed by atoms with Crippen LogP contribution in [0.5, 0.6) is 0 Å². The fourth-order valence-corrected chi connectivity index (χ4v) is 4.71. The van der Waals surface area contributed by atoms with Gasteiger partial charge in [-0.1, -0.05) is 29.8 Å².